The lowest BCUT2D eigenvalue weighted by molar-refractivity contribution is 0.587. The summed E-state index contributed by atoms with van der Waals surface area (Å²) >= 11 is 0. The van der Waals surface area contributed by atoms with Crippen LogP contribution >= 0.6 is 0 Å². The predicted molar refractivity (Wildman–Crippen MR) is 79.0 cm³/mol. The van der Waals surface area contributed by atoms with Crippen molar-refractivity contribution in [2.24, 2.45) is 0 Å². The van der Waals surface area contributed by atoms with E-state index in [0.717, 1.165) is 16.8 Å². The van der Waals surface area contributed by atoms with E-state index >= 15 is 0 Å². The predicted octanol–water partition coefficient (Wildman–Crippen LogP) is 2.39. The van der Waals surface area contributed by atoms with Gasteiger partial charge in [0.05, 0.1) is 6.26 Å². The van der Waals surface area contributed by atoms with Crippen LogP contribution < -0.4 is 0 Å². The molecule has 20 heavy (non-hydrogen) atoms. The van der Waals surface area contributed by atoms with Gasteiger partial charge in [0.2, 0.25) is 10.0 Å². The molecule has 1 heterocycles. The SMILES string of the molecule is CS(=O)(=O)n1ccc2c1CC(c1ccccc1)CC2=N. The molecule has 0 saturated carbocycles. The van der Waals surface area contributed by atoms with Crippen LogP contribution in [0.25, 0.3) is 0 Å². The summed E-state index contributed by atoms with van der Waals surface area (Å²) in [5.41, 5.74) is 3.17. The number of nitrogens with one attached hydrogen (secondary N) is 1. The highest BCUT2D eigenvalue weighted by Gasteiger charge is 2.28. The summed E-state index contributed by atoms with van der Waals surface area (Å²) in [6.45, 7) is 0. The molecule has 5 heteroatoms. The molecular weight excluding hydrogens is 272 g/mol. The minimum Gasteiger partial charge on any atom is -0.305 e. The summed E-state index contributed by atoms with van der Waals surface area (Å²) in [7, 11) is -3.31. The van der Waals surface area contributed by atoms with Crippen LogP contribution in [0, 0.1) is 5.41 Å². The quantitative estimate of drug-likeness (QED) is 0.922. The number of benzene rings is 1. The normalized spacial score (nSPS) is 18.9. The van der Waals surface area contributed by atoms with Gasteiger partial charge in [0, 0.05) is 23.2 Å². The maximum absolute atomic E-state index is 11.8. The molecule has 0 aliphatic heterocycles. The summed E-state index contributed by atoms with van der Waals surface area (Å²) in [4.78, 5) is 0. The first-order valence-corrected chi connectivity index (χ1v) is 8.35. The standard InChI is InChI=1S/C15H16N2O2S/c1-20(18,19)17-8-7-13-14(16)9-12(10-15(13)17)11-5-3-2-4-6-11/h2-8,12,16H,9-10H2,1H3. The van der Waals surface area contributed by atoms with E-state index < -0.39 is 10.0 Å². The van der Waals surface area contributed by atoms with Gasteiger partial charge in [-0.25, -0.2) is 12.4 Å². The Labute approximate surface area is 118 Å². The highest BCUT2D eigenvalue weighted by molar-refractivity contribution is 7.89. The molecule has 2 aromatic rings. The third kappa shape index (κ3) is 2.18. The van der Waals surface area contributed by atoms with Crippen molar-refractivity contribution in [2.45, 2.75) is 18.8 Å². The third-order valence-corrected chi connectivity index (χ3v) is 4.85. The topological polar surface area (TPSA) is 62.9 Å². The molecule has 0 radical (unpaired) electrons. The Kier molecular flexibility index (Phi) is 3.01. The molecule has 4 nitrogen and oxygen atoms in total. The van der Waals surface area contributed by atoms with Crippen molar-refractivity contribution >= 4 is 15.7 Å². The van der Waals surface area contributed by atoms with E-state index in [-0.39, 0.29) is 5.92 Å². The molecule has 3 rings (SSSR count). The molecule has 0 saturated heterocycles. The smallest absolute Gasteiger partial charge is 0.235 e. The summed E-state index contributed by atoms with van der Waals surface area (Å²) in [6.07, 6.45) is 4.07. The first kappa shape index (κ1) is 13.1. The van der Waals surface area contributed by atoms with E-state index in [1.165, 1.54) is 10.2 Å². The van der Waals surface area contributed by atoms with Crippen LogP contribution in [0.15, 0.2) is 42.6 Å². The second-order valence-corrected chi connectivity index (χ2v) is 7.09. The van der Waals surface area contributed by atoms with Crippen LogP contribution in [0.4, 0.5) is 0 Å². The average Bonchev–Trinajstić information content (AvgIpc) is 2.84. The van der Waals surface area contributed by atoms with Gasteiger partial charge in [-0.3, -0.25) is 0 Å². The molecule has 0 spiro atoms. The summed E-state index contributed by atoms with van der Waals surface area (Å²) in [5.74, 6) is 0.173. The van der Waals surface area contributed by atoms with E-state index in [0.29, 0.717) is 18.6 Å². The van der Waals surface area contributed by atoms with Crippen molar-refractivity contribution in [3.63, 3.8) is 0 Å². The lowest BCUT2D eigenvalue weighted by atomic mass is 9.82. The Morgan fingerprint density at radius 3 is 2.50 bits per heavy atom. The number of nitrogens with zero attached hydrogens (tertiary/aromatic N) is 1. The van der Waals surface area contributed by atoms with Crippen molar-refractivity contribution in [2.75, 3.05) is 6.26 Å². The number of fused-ring (bicyclic) bond motifs is 1. The fourth-order valence-electron chi connectivity index (χ4n) is 2.86. The molecule has 1 aliphatic carbocycles. The van der Waals surface area contributed by atoms with Crippen LogP contribution in [-0.4, -0.2) is 24.4 Å². The fourth-order valence-corrected chi connectivity index (χ4v) is 3.71. The van der Waals surface area contributed by atoms with Gasteiger partial charge in [0.15, 0.2) is 0 Å². The molecule has 1 unspecified atom stereocenters. The summed E-state index contributed by atoms with van der Waals surface area (Å²) < 4.78 is 24.9. The molecule has 1 aromatic carbocycles. The third-order valence-electron chi connectivity index (χ3n) is 3.80. The van der Waals surface area contributed by atoms with Crippen LogP contribution in [0.2, 0.25) is 0 Å². The minimum atomic E-state index is -3.31. The largest absolute Gasteiger partial charge is 0.305 e. The van der Waals surface area contributed by atoms with E-state index in [1.54, 1.807) is 12.3 Å². The lowest BCUT2D eigenvalue weighted by Crippen LogP contribution is -2.22. The fraction of sp³-hybridized carbons (Fsp3) is 0.267. The zero-order chi connectivity index (χ0) is 14.3. The summed E-state index contributed by atoms with van der Waals surface area (Å²) in [5, 5.41) is 8.16. The first-order valence-electron chi connectivity index (χ1n) is 6.50. The van der Waals surface area contributed by atoms with Crippen LogP contribution in [-0.2, 0) is 16.4 Å². The average molecular weight is 288 g/mol. The monoisotopic (exact) mass is 288 g/mol. The second kappa shape index (κ2) is 4.59. The number of hydrogen-bond acceptors (Lipinski definition) is 3. The lowest BCUT2D eigenvalue weighted by Gasteiger charge is -2.24. The van der Waals surface area contributed by atoms with Gasteiger partial charge in [0.25, 0.3) is 0 Å². The molecular formula is C15H16N2O2S. The maximum atomic E-state index is 11.8. The highest BCUT2D eigenvalue weighted by atomic mass is 32.2. The van der Waals surface area contributed by atoms with Crippen molar-refractivity contribution in [3.05, 3.63) is 59.4 Å². The zero-order valence-electron chi connectivity index (χ0n) is 11.2. The van der Waals surface area contributed by atoms with Gasteiger partial charge in [-0.15, -0.1) is 0 Å². The highest BCUT2D eigenvalue weighted by Crippen LogP contribution is 2.33. The number of rotatable bonds is 2. The molecule has 0 fully saturated rings. The van der Waals surface area contributed by atoms with Gasteiger partial charge in [-0.05, 0) is 30.4 Å². The van der Waals surface area contributed by atoms with Gasteiger partial charge in [-0.2, -0.15) is 0 Å². The Bertz CT molecular complexity index is 760. The van der Waals surface area contributed by atoms with Crippen molar-refractivity contribution in [1.29, 1.82) is 5.41 Å². The van der Waals surface area contributed by atoms with Gasteiger partial charge >= 0.3 is 0 Å². The van der Waals surface area contributed by atoms with Gasteiger partial charge in [0.1, 0.15) is 0 Å². The van der Waals surface area contributed by atoms with Gasteiger partial charge < -0.3 is 5.41 Å². The van der Waals surface area contributed by atoms with Crippen LogP contribution in [0.1, 0.15) is 29.2 Å². The maximum Gasteiger partial charge on any atom is 0.235 e. The molecule has 1 N–H and O–H groups in total. The van der Waals surface area contributed by atoms with Crippen LogP contribution in [0.5, 0.6) is 0 Å². The van der Waals surface area contributed by atoms with E-state index in [9.17, 15) is 8.42 Å². The minimum absolute atomic E-state index is 0.173. The molecule has 1 aliphatic rings. The van der Waals surface area contributed by atoms with Crippen molar-refractivity contribution < 1.29 is 8.42 Å². The van der Waals surface area contributed by atoms with Crippen LogP contribution in [0.3, 0.4) is 0 Å². The summed E-state index contributed by atoms with van der Waals surface area (Å²) in [6, 6.07) is 11.7. The number of hydrogen-bond donors (Lipinski definition) is 1. The van der Waals surface area contributed by atoms with Crippen molar-refractivity contribution in [3.8, 4) is 0 Å². The molecule has 0 bridgehead atoms. The molecule has 104 valence electrons. The molecule has 0 amide bonds. The second-order valence-electron chi connectivity index (χ2n) is 5.23. The number of aromatic nitrogens is 1. The van der Waals surface area contributed by atoms with E-state index in [1.807, 2.05) is 30.3 Å². The van der Waals surface area contributed by atoms with Crippen molar-refractivity contribution in [1.82, 2.24) is 3.97 Å². The molecule has 1 atom stereocenters. The zero-order valence-corrected chi connectivity index (χ0v) is 12.0. The van der Waals surface area contributed by atoms with E-state index in [4.69, 9.17) is 5.41 Å². The van der Waals surface area contributed by atoms with E-state index in [2.05, 4.69) is 0 Å². The van der Waals surface area contributed by atoms with Gasteiger partial charge in [-0.1, -0.05) is 30.3 Å². The Morgan fingerprint density at radius 2 is 1.85 bits per heavy atom. The Balaban J connectivity index is 2.06. The molecule has 1 aromatic heterocycles. The first-order chi connectivity index (χ1) is 9.47. The Morgan fingerprint density at radius 1 is 1.15 bits per heavy atom. The Hall–Kier alpha value is -1.88.